The first kappa shape index (κ1) is 28.6. The minimum atomic E-state index is -1.17. The van der Waals surface area contributed by atoms with Gasteiger partial charge in [0, 0.05) is 37.1 Å². The Hall–Kier alpha value is -2.96. The third kappa shape index (κ3) is 7.08. The average molecular weight is 622 g/mol. The maximum atomic E-state index is 13.1. The molecule has 1 aliphatic carbocycles. The highest BCUT2D eigenvalue weighted by Crippen LogP contribution is 2.37. The smallest absolute Gasteiger partial charge is 0.247 e. The lowest BCUT2D eigenvalue weighted by molar-refractivity contribution is -0.139. The summed E-state index contributed by atoms with van der Waals surface area (Å²) in [4.78, 5) is 38.9. The summed E-state index contributed by atoms with van der Waals surface area (Å²) in [6, 6.07) is 11.8. The third-order valence-electron chi connectivity index (χ3n) is 6.08. The van der Waals surface area contributed by atoms with E-state index in [4.69, 9.17) is 14.6 Å². The zero-order valence-electron chi connectivity index (χ0n) is 20.7. The predicted octanol–water partition coefficient (Wildman–Crippen LogP) is 2.47. The van der Waals surface area contributed by atoms with E-state index in [0.29, 0.717) is 32.5 Å². The van der Waals surface area contributed by atoms with Crippen molar-refractivity contribution in [3.63, 3.8) is 0 Å². The molecule has 0 radical (unpaired) electrons. The van der Waals surface area contributed by atoms with Crippen molar-refractivity contribution in [3.8, 4) is 11.5 Å². The maximum Gasteiger partial charge on any atom is 0.247 e. The van der Waals surface area contributed by atoms with Gasteiger partial charge in [-0.1, -0.05) is 37.3 Å². The zero-order valence-corrected chi connectivity index (χ0v) is 22.9. The summed E-state index contributed by atoms with van der Waals surface area (Å²) in [5.74, 6) is 0.0160. The van der Waals surface area contributed by atoms with Crippen molar-refractivity contribution in [2.24, 2.45) is 0 Å². The van der Waals surface area contributed by atoms with Gasteiger partial charge >= 0.3 is 0 Å². The number of aliphatic hydroxyl groups excluding tert-OH is 2. The van der Waals surface area contributed by atoms with Crippen molar-refractivity contribution in [2.45, 2.75) is 44.6 Å². The minimum Gasteiger partial charge on any atom is -0.493 e. The second kappa shape index (κ2) is 13.5. The average Bonchev–Trinajstić information content (AvgIpc) is 2.92. The van der Waals surface area contributed by atoms with Crippen LogP contribution in [0.25, 0.3) is 0 Å². The molecular formula is C27H31IN2O7. The van der Waals surface area contributed by atoms with E-state index in [0.717, 1.165) is 5.56 Å². The molecule has 2 aromatic carbocycles. The van der Waals surface area contributed by atoms with Gasteiger partial charge in [-0.25, -0.2) is 0 Å². The quantitative estimate of drug-likeness (QED) is 0.260. The van der Waals surface area contributed by atoms with Crippen LogP contribution in [0.15, 0.2) is 54.1 Å². The molecule has 3 N–H and O–H groups in total. The van der Waals surface area contributed by atoms with Gasteiger partial charge in [-0.15, -0.1) is 0 Å². The molecular weight excluding hydrogens is 591 g/mol. The fraction of sp³-hybridized carbons (Fsp3) is 0.370. The summed E-state index contributed by atoms with van der Waals surface area (Å²) in [6.45, 7) is 1.84. The number of amides is 2. The van der Waals surface area contributed by atoms with Crippen LogP contribution in [0, 0.1) is 3.57 Å². The zero-order chi connectivity index (χ0) is 26.9. The second-order valence-electron chi connectivity index (χ2n) is 8.53. The van der Waals surface area contributed by atoms with Crippen LogP contribution in [0.1, 0.15) is 35.7 Å². The molecule has 1 aliphatic rings. The lowest BCUT2D eigenvalue weighted by Crippen LogP contribution is -2.54. The van der Waals surface area contributed by atoms with E-state index in [1.54, 1.807) is 17.9 Å². The van der Waals surface area contributed by atoms with Crippen molar-refractivity contribution in [1.29, 1.82) is 0 Å². The summed E-state index contributed by atoms with van der Waals surface area (Å²) in [5, 5.41) is 23.3. The largest absolute Gasteiger partial charge is 0.493 e. The Morgan fingerprint density at radius 3 is 2.59 bits per heavy atom. The van der Waals surface area contributed by atoms with Crippen molar-refractivity contribution in [1.82, 2.24) is 10.2 Å². The van der Waals surface area contributed by atoms with Crippen LogP contribution in [0.4, 0.5) is 0 Å². The van der Waals surface area contributed by atoms with E-state index in [1.807, 2.05) is 52.9 Å². The molecule has 0 saturated heterocycles. The number of aliphatic hydroxyl groups is 2. The number of carbonyl (C=O) groups excluding carboxylic acids is 3. The molecule has 2 amide bonds. The number of hydrogen-bond donors (Lipinski definition) is 3. The molecule has 37 heavy (non-hydrogen) atoms. The molecule has 0 aromatic heterocycles. The fourth-order valence-corrected chi connectivity index (χ4v) is 4.96. The first-order valence-electron chi connectivity index (χ1n) is 11.9. The molecule has 0 fully saturated rings. The Morgan fingerprint density at radius 2 is 1.97 bits per heavy atom. The Labute approximate surface area is 229 Å². The van der Waals surface area contributed by atoms with E-state index in [-0.39, 0.29) is 38.4 Å². The van der Waals surface area contributed by atoms with Gasteiger partial charge in [0.05, 0.1) is 23.3 Å². The van der Waals surface area contributed by atoms with E-state index in [9.17, 15) is 19.5 Å². The van der Waals surface area contributed by atoms with Crippen LogP contribution in [0.5, 0.6) is 11.5 Å². The summed E-state index contributed by atoms with van der Waals surface area (Å²) in [7, 11) is 1.44. The number of nitrogens with one attached hydrogen (secondary N) is 1. The highest BCUT2D eigenvalue weighted by atomic mass is 127. The van der Waals surface area contributed by atoms with Crippen LogP contribution in [-0.4, -0.2) is 71.7 Å². The monoisotopic (exact) mass is 622 g/mol. The summed E-state index contributed by atoms with van der Waals surface area (Å²) < 4.78 is 12.2. The molecule has 3 atom stereocenters. The number of nitrogens with zero attached hydrogens (tertiary/aromatic N) is 1. The predicted molar refractivity (Wildman–Crippen MR) is 145 cm³/mol. The van der Waals surface area contributed by atoms with E-state index < -0.39 is 24.2 Å². The van der Waals surface area contributed by atoms with Crippen molar-refractivity contribution >= 4 is 40.7 Å². The van der Waals surface area contributed by atoms with E-state index in [1.165, 1.54) is 19.3 Å². The Bertz CT molecular complexity index is 1140. The molecule has 0 aliphatic heterocycles. The van der Waals surface area contributed by atoms with Gasteiger partial charge in [-0.2, -0.15) is 0 Å². The van der Waals surface area contributed by atoms with Gasteiger partial charge in [-0.05, 0) is 46.4 Å². The van der Waals surface area contributed by atoms with Crippen molar-refractivity contribution in [3.05, 3.63) is 68.8 Å². The van der Waals surface area contributed by atoms with Gasteiger partial charge < -0.3 is 29.9 Å². The van der Waals surface area contributed by atoms with Gasteiger partial charge in [0.15, 0.2) is 11.5 Å². The van der Waals surface area contributed by atoms with E-state index >= 15 is 0 Å². The SMILES string of the molecule is CCC(=O)N(Cc1ccccc1)[C@@H]1CC(C(=O)NCCO)=C[C@H](Oc2c(I)cc(C=O)cc2OC)[C@H]1O. The van der Waals surface area contributed by atoms with Crippen LogP contribution in [0.3, 0.4) is 0 Å². The summed E-state index contributed by atoms with van der Waals surface area (Å²) >= 11 is 2.01. The maximum absolute atomic E-state index is 13.1. The Balaban J connectivity index is 2.02. The number of halogens is 1. The number of rotatable bonds is 11. The molecule has 0 saturated carbocycles. The normalized spacial score (nSPS) is 18.9. The molecule has 0 bridgehead atoms. The number of carbonyl (C=O) groups is 3. The van der Waals surface area contributed by atoms with Crippen molar-refractivity contribution in [2.75, 3.05) is 20.3 Å². The van der Waals surface area contributed by atoms with Crippen LogP contribution >= 0.6 is 22.6 Å². The Kier molecular flexibility index (Phi) is 10.5. The molecule has 9 nitrogen and oxygen atoms in total. The standard InChI is InChI=1S/C27H31IN2O7/c1-3-24(33)30(15-17-7-5-4-6-8-17)21-13-19(27(35)29-9-10-31)14-22(25(21)34)37-26-20(28)11-18(16-32)12-23(26)36-2/h4-8,11-12,14,16,21-22,25,31,34H,3,9-10,13,15H2,1-2H3,(H,29,35)/t21-,22+,25+/m1/s1. The summed E-state index contributed by atoms with van der Waals surface area (Å²) in [6.07, 6.45) is 0.391. The molecule has 0 heterocycles. The highest BCUT2D eigenvalue weighted by molar-refractivity contribution is 14.1. The van der Waals surface area contributed by atoms with Crippen LogP contribution in [-0.2, 0) is 16.1 Å². The molecule has 0 unspecified atom stereocenters. The highest BCUT2D eigenvalue weighted by Gasteiger charge is 2.40. The first-order chi connectivity index (χ1) is 17.8. The summed E-state index contributed by atoms with van der Waals surface area (Å²) in [5.41, 5.74) is 1.61. The lowest BCUT2D eigenvalue weighted by atomic mass is 9.87. The topological polar surface area (TPSA) is 125 Å². The molecule has 0 spiro atoms. The Morgan fingerprint density at radius 1 is 1.24 bits per heavy atom. The van der Waals surface area contributed by atoms with Crippen LogP contribution in [0.2, 0.25) is 0 Å². The van der Waals surface area contributed by atoms with Crippen LogP contribution < -0.4 is 14.8 Å². The van der Waals surface area contributed by atoms with Crippen molar-refractivity contribution < 1.29 is 34.1 Å². The number of aldehydes is 1. The second-order valence-corrected chi connectivity index (χ2v) is 9.69. The minimum absolute atomic E-state index is 0.0649. The van der Waals surface area contributed by atoms with Gasteiger partial charge in [0.2, 0.25) is 11.8 Å². The lowest BCUT2D eigenvalue weighted by Gasteiger charge is -2.40. The molecule has 198 valence electrons. The molecule has 2 aromatic rings. The van der Waals surface area contributed by atoms with E-state index in [2.05, 4.69) is 5.32 Å². The molecule has 10 heteroatoms. The number of benzene rings is 2. The van der Waals surface area contributed by atoms with Gasteiger partial charge in [0.1, 0.15) is 18.5 Å². The number of ether oxygens (including phenoxy) is 2. The third-order valence-corrected chi connectivity index (χ3v) is 6.88. The number of hydrogen-bond acceptors (Lipinski definition) is 7. The first-order valence-corrected chi connectivity index (χ1v) is 13.0. The van der Waals surface area contributed by atoms with Gasteiger partial charge in [0.25, 0.3) is 0 Å². The fourth-order valence-electron chi connectivity index (χ4n) is 4.21. The van der Waals surface area contributed by atoms with Gasteiger partial charge in [-0.3, -0.25) is 14.4 Å². The molecule has 3 rings (SSSR count). The number of methoxy groups -OCH3 is 1.